The molecule has 80 valence electrons. The Kier molecular flexibility index (Phi) is 3.54. The SMILES string of the molecule is CCO[C@H]1CC=C[C@@H](c2ccccc2)O1. The van der Waals surface area contributed by atoms with Crippen molar-refractivity contribution in [2.45, 2.75) is 25.7 Å². The highest BCUT2D eigenvalue weighted by Gasteiger charge is 2.18. The van der Waals surface area contributed by atoms with Crippen molar-refractivity contribution in [3.63, 3.8) is 0 Å². The van der Waals surface area contributed by atoms with Crippen molar-refractivity contribution in [2.24, 2.45) is 0 Å². The van der Waals surface area contributed by atoms with Gasteiger partial charge in [-0.25, -0.2) is 0 Å². The number of hydrogen-bond donors (Lipinski definition) is 0. The minimum atomic E-state index is -0.0924. The van der Waals surface area contributed by atoms with E-state index in [9.17, 15) is 0 Å². The van der Waals surface area contributed by atoms with E-state index in [0.29, 0.717) is 6.61 Å². The molecule has 0 saturated carbocycles. The van der Waals surface area contributed by atoms with E-state index in [4.69, 9.17) is 9.47 Å². The van der Waals surface area contributed by atoms with Crippen LogP contribution in [0.15, 0.2) is 42.5 Å². The fourth-order valence-electron chi connectivity index (χ4n) is 1.70. The van der Waals surface area contributed by atoms with Gasteiger partial charge in [0, 0.05) is 13.0 Å². The van der Waals surface area contributed by atoms with E-state index in [-0.39, 0.29) is 12.4 Å². The molecule has 1 heterocycles. The van der Waals surface area contributed by atoms with Crippen LogP contribution in [0.2, 0.25) is 0 Å². The first kappa shape index (κ1) is 10.4. The standard InChI is InChI=1S/C13H16O2/c1-2-14-13-10-6-9-12(15-13)11-7-4-3-5-8-11/h3-9,12-13H,2,10H2,1H3/t12-,13+/m0/s1. The van der Waals surface area contributed by atoms with E-state index in [1.165, 1.54) is 5.56 Å². The van der Waals surface area contributed by atoms with Crippen molar-refractivity contribution in [3.05, 3.63) is 48.0 Å². The molecule has 0 fully saturated rings. The molecule has 1 aromatic rings. The van der Waals surface area contributed by atoms with Crippen LogP contribution >= 0.6 is 0 Å². The Morgan fingerprint density at radius 1 is 1.33 bits per heavy atom. The average molecular weight is 204 g/mol. The monoisotopic (exact) mass is 204 g/mol. The van der Waals surface area contributed by atoms with Crippen molar-refractivity contribution in [1.29, 1.82) is 0 Å². The van der Waals surface area contributed by atoms with Gasteiger partial charge in [0.2, 0.25) is 0 Å². The average Bonchev–Trinajstić information content (AvgIpc) is 2.31. The van der Waals surface area contributed by atoms with Crippen LogP contribution in [0.25, 0.3) is 0 Å². The topological polar surface area (TPSA) is 18.5 Å². The third kappa shape index (κ3) is 2.67. The summed E-state index contributed by atoms with van der Waals surface area (Å²) >= 11 is 0. The van der Waals surface area contributed by atoms with Crippen molar-refractivity contribution in [3.8, 4) is 0 Å². The second kappa shape index (κ2) is 5.10. The number of hydrogen-bond acceptors (Lipinski definition) is 2. The molecule has 0 radical (unpaired) electrons. The first-order chi connectivity index (χ1) is 7.40. The van der Waals surface area contributed by atoms with Gasteiger partial charge >= 0.3 is 0 Å². The van der Waals surface area contributed by atoms with Crippen LogP contribution in [0, 0.1) is 0 Å². The second-order valence-corrected chi connectivity index (χ2v) is 3.52. The summed E-state index contributed by atoms with van der Waals surface area (Å²) in [4.78, 5) is 0. The van der Waals surface area contributed by atoms with Crippen molar-refractivity contribution < 1.29 is 9.47 Å². The molecule has 2 atom stereocenters. The summed E-state index contributed by atoms with van der Waals surface area (Å²) in [6.45, 7) is 2.68. The molecule has 2 rings (SSSR count). The van der Waals surface area contributed by atoms with Gasteiger partial charge in [-0.1, -0.05) is 42.5 Å². The summed E-state index contributed by atoms with van der Waals surface area (Å²) < 4.78 is 11.3. The van der Waals surface area contributed by atoms with Gasteiger partial charge in [-0.05, 0) is 12.5 Å². The van der Waals surface area contributed by atoms with Crippen LogP contribution in [0.3, 0.4) is 0 Å². The minimum Gasteiger partial charge on any atom is -0.353 e. The van der Waals surface area contributed by atoms with Gasteiger partial charge in [0.25, 0.3) is 0 Å². The lowest BCUT2D eigenvalue weighted by atomic mass is 10.1. The van der Waals surface area contributed by atoms with Gasteiger partial charge < -0.3 is 9.47 Å². The quantitative estimate of drug-likeness (QED) is 0.704. The van der Waals surface area contributed by atoms with Gasteiger partial charge in [-0.2, -0.15) is 0 Å². The van der Waals surface area contributed by atoms with Crippen molar-refractivity contribution in [1.82, 2.24) is 0 Å². The summed E-state index contributed by atoms with van der Waals surface area (Å²) in [6, 6.07) is 10.2. The Labute approximate surface area is 90.5 Å². The van der Waals surface area contributed by atoms with E-state index in [0.717, 1.165) is 6.42 Å². The fourth-order valence-corrected chi connectivity index (χ4v) is 1.70. The normalized spacial score (nSPS) is 25.4. The van der Waals surface area contributed by atoms with E-state index in [1.807, 2.05) is 25.1 Å². The van der Waals surface area contributed by atoms with E-state index < -0.39 is 0 Å². The molecular formula is C13H16O2. The summed E-state index contributed by atoms with van der Waals surface area (Å²) in [6.07, 6.45) is 5.01. The molecule has 0 spiro atoms. The van der Waals surface area contributed by atoms with E-state index in [2.05, 4.69) is 24.3 Å². The highest BCUT2D eigenvalue weighted by Crippen LogP contribution is 2.26. The highest BCUT2D eigenvalue weighted by atomic mass is 16.7. The Hall–Kier alpha value is -1.12. The molecule has 0 saturated heterocycles. The van der Waals surface area contributed by atoms with Crippen LogP contribution in [0.4, 0.5) is 0 Å². The largest absolute Gasteiger partial charge is 0.353 e. The van der Waals surface area contributed by atoms with Gasteiger partial charge in [0.05, 0.1) is 0 Å². The highest BCUT2D eigenvalue weighted by molar-refractivity contribution is 5.22. The lowest BCUT2D eigenvalue weighted by Crippen LogP contribution is -2.22. The smallest absolute Gasteiger partial charge is 0.162 e. The first-order valence-electron chi connectivity index (χ1n) is 5.39. The Bertz CT molecular complexity index is 319. The molecule has 1 aromatic carbocycles. The molecule has 1 aliphatic heterocycles. The number of ether oxygens (including phenoxy) is 2. The molecule has 0 N–H and O–H groups in total. The van der Waals surface area contributed by atoms with Crippen LogP contribution in [-0.4, -0.2) is 12.9 Å². The van der Waals surface area contributed by atoms with Gasteiger partial charge in [0.15, 0.2) is 6.29 Å². The third-order valence-electron chi connectivity index (χ3n) is 2.42. The predicted octanol–water partition coefficient (Wildman–Crippen LogP) is 3.07. The number of rotatable bonds is 3. The molecule has 0 unspecified atom stereocenters. The van der Waals surface area contributed by atoms with Crippen LogP contribution in [-0.2, 0) is 9.47 Å². The molecule has 2 heteroatoms. The molecular weight excluding hydrogens is 188 g/mol. The summed E-state index contributed by atoms with van der Waals surface area (Å²) in [7, 11) is 0. The van der Waals surface area contributed by atoms with Crippen molar-refractivity contribution in [2.75, 3.05) is 6.61 Å². The molecule has 0 amide bonds. The maximum absolute atomic E-state index is 5.80. The minimum absolute atomic E-state index is 0.0384. The summed E-state index contributed by atoms with van der Waals surface area (Å²) in [5, 5.41) is 0. The van der Waals surface area contributed by atoms with E-state index >= 15 is 0 Å². The third-order valence-corrected chi connectivity index (χ3v) is 2.42. The summed E-state index contributed by atoms with van der Waals surface area (Å²) in [5.41, 5.74) is 1.18. The lowest BCUT2D eigenvalue weighted by Gasteiger charge is -2.25. The van der Waals surface area contributed by atoms with Gasteiger partial charge in [-0.3, -0.25) is 0 Å². The maximum Gasteiger partial charge on any atom is 0.162 e. The Balaban J connectivity index is 2.05. The molecule has 0 aliphatic carbocycles. The maximum atomic E-state index is 5.80. The fraction of sp³-hybridized carbons (Fsp3) is 0.385. The molecule has 1 aliphatic rings. The van der Waals surface area contributed by atoms with Crippen molar-refractivity contribution >= 4 is 0 Å². The van der Waals surface area contributed by atoms with Crippen LogP contribution in [0.1, 0.15) is 25.0 Å². The first-order valence-corrected chi connectivity index (χ1v) is 5.39. The van der Waals surface area contributed by atoms with E-state index in [1.54, 1.807) is 0 Å². The molecule has 0 aromatic heterocycles. The lowest BCUT2D eigenvalue weighted by molar-refractivity contribution is -0.162. The molecule has 15 heavy (non-hydrogen) atoms. The number of benzene rings is 1. The molecule has 2 nitrogen and oxygen atoms in total. The van der Waals surface area contributed by atoms with Gasteiger partial charge in [-0.15, -0.1) is 0 Å². The zero-order valence-corrected chi connectivity index (χ0v) is 8.93. The second-order valence-electron chi connectivity index (χ2n) is 3.52. The zero-order valence-electron chi connectivity index (χ0n) is 8.93. The molecule has 0 bridgehead atoms. The van der Waals surface area contributed by atoms with Crippen LogP contribution in [0.5, 0.6) is 0 Å². The Morgan fingerprint density at radius 3 is 2.87 bits per heavy atom. The van der Waals surface area contributed by atoms with Crippen LogP contribution < -0.4 is 0 Å². The predicted molar refractivity (Wildman–Crippen MR) is 59.4 cm³/mol. The Morgan fingerprint density at radius 2 is 2.13 bits per heavy atom. The van der Waals surface area contributed by atoms with Gasteiger partial charge in [0.1, 0.15) is 6.10 Å². The zero-order chi connectivity index (χ0) is 10.5. The summed E-state index contributed by atoms with van der Waals surface area (Å²) in [5.74, 6) is 0.